The molecule has 1 aromatic rings. The molecular weight excluding hydrogens is 240 g/mol. The maximum Gasteiger partial charge on any atom is 0.228 e. The number of aromatic nitrogens is 1. The fourth-order valence-corrected chi connectivity index (χ4v) is 4.57. The predicted octanol–water partition coefficient (Wildman–Crippen LogP) is 1.80. The molecule has 1 heterocycles. The van der Waals surface area contributed by atoms with E-state index in [2.05, 4.69) is 10.3 Å². The molecule has 3 aliphatic carbocycles. The van der Waals surface area contributed by atoms with Crippen LogP contribution in [0.25, 0.3) is 0 Å². The number of aliphatic hydroxyl groups is 1. The zero-order valence-electron chi connectivity index (χ0n) is 10.7. The number of nitrogens with zero attached hydrogens (tertiary/aromatic N) is 1. The molecule has 3 saturated carbocycles. The van der Waals surface area contributed by atoms with E-state index in [1.165, 1.54) is 19.3 Å². The second kappa shape index (κ2) is 4.04. The number of anilines is 1. The quantitative estimate of drug-likeness (QED) is 0.869. The van der Waals surface area contributed by atoms with Crippen molar-refractivity contribution in [3.8, 4) is 0 Å². The number of nitrogens with one attached hydrogen (secondary N) is 1. The maximum atomic E-state index is 12.4. The van der Waals surface area contributed by atoms with Gasteiger partial charge >= 0.3 is 0 Å². The third-order valence-electron chi connectivity index (χ3n) is 5.38. The Bertz CT molecular complexity index is 515. The number of pyridine rings is 1. The van der Waals surface area contributed by atoms with Crippen molar-refractivity contribution in [2.75, 3.05) is 5.32 Å². The van der Waals surface area contributed by atoms with Crippen molar-refractivity contribution in [3.05, 3.63) is 24.0 Å². The van der Waals surface area contributed by atoms with Gasteiger partial charge in [0.25, 0.3) is 0 Å². The summed E-state index contributed by atoms with van der Waals surface area (Å²) in [7, 11) is 0. The Labute approximate surface area is 112 Å². The summed E-state index contributed by atoms with van der Waals surface area (Å²) in [5.74, 6) is 3.25. The highest BCUT2D eigenvalue weighted by Gasteiger charge is 2.67. The minimum atomic E-state index is -0.0685. The van der Waals surface area contributed by atoms with Crippen LogP contribution in [-0.4, -0.2) is 16.0 Å². The molecule has 4 nitrogen and oxygen atoms in total. The Kier molecular flexibility index (Phi) is 2.42. The molecule has 2 N–H and O–H groups in total. The Morgan fingerprint density at radius 2 is 2.11 bits per heavy atom. The largest absolute Gasteiger partial charge is 0.392 e. The molecule has 0 aromatic carbocycles. The van der Waals surface area contributed by atoms with Crippen LogP contribution in [0.3, 0.4) is 0 Å². The second-order valence-electron chi connectivity index (χ2n) is 6.19. The number of carbonyl (C=O) groups excluding carboxylic acids is 1. The molecule has 2 bridgehead atoms. The predicted molar refractivity (Wildman–Crippen MR) is 70.1 cm³/mol. The summed E-state index contributed by atoms with van der Waals surface area (Å²) in [6, 6.07) is 1.74. The van der Waals surface area contributed by atoms with Gasteiger partial charge in [-0.1, -0.05) is 0 Å². The zero-order valence-corrected chi connectivity index (χ0v) is 10.7. The minimum absolute atomic E-state index is 0.0685. The summed E-state index contributed by atoms with van der Waals surface area (Å²) in [5.41, 5.74) is 1.39. The summed E-state index contributed by atoms with van der Waals surface area (Å²) in [6.45, 7) is -0.0685. The van der Waals surface area contributed by atoms with Gasteiger partial charge in [0, 0.05) is 17.7 Å². The molecule has 0 saturated heterocycles. The van der Waals surface area contributed by atoms with Crippen LogP contribution in [0, 0.1) is 29.6 Å². The molecule has 100 valence electrons. The molecule has 4 heteroatoms. The monoisotopic (exact) mass is 258 g/mol. The van der Waals surface area contributed by atoms with Gasteiger partial charge in [-0.05, 0) is 49.0 Å². The molecule has 4 rings (SSSR count). The van der Waals surface area contributed by atoms with Gasteiger partial charge in [-0.15, -0.1) is 0 Å². The van der Waals surface area contributed by atoms with Crippen molar-refractivity contribution in [3.63, 3.8) is 0 Å². The van der Waals surface area contributed by atoms with E-state index in [4.69, 9.17) is 0 Å². The number of fused-ring (bicyclic) bond motifs is 5. The third kappa shape index (κ3) is 1.62. The van der Waals surface area contributed by atoms with E-state index in [1.807, 2.05) is 0 Å². The third-order valence-corrected chi connectivity index (χ3v) is 5.38. The number of hydrogen-bond donors (Lipinski definition) is 2. The molecule has 0 spiro atoms. The van der Waals surface area contributed by atoms with Crippen LogP contribution in [0.1, 0.15) is 24.8 Å². The summed E-state index contributed by atoms with van der Waals surface area (Å²) >= 11 is 0. The molecule has 0 radical (unpaired) electrons. The molecule has 4 unspecified atom stereocenters. The van der Waals surface area contributed by atoms with Gasteiger partial charge in [0.2, 0.25) is 5.91 Å². The lowest BCUT2D eigenvalue weighted by Crippen LogP contribution is -2.19. The first-order chi connectivity index (χ1) is 9.29. The summed E-state index contributed by atoms with van der Waals surface area (Å²) in [4.78, 5) is 16.4. The lowest BCUT2D eigenvalue weighted by Gasteiger charge is -2.11. The van der Waals surface area contributed by atoms with Crippen LogP contribution in [0.15, 0.2) is 18.5 Å². The molecule has 3 aliphatic rings. The van der Waals surface area contributed by atoms with Gasteiger partial charge in [-0.25, -0.2) is 0 Å². The fraction of sp³-hybridized carbons (Fsp3) is 0.600. The topological polar surface area (TPSA) is 62.2 Å². The van der Waals surface area contributed by atoms with Crippen molar-refractivity contribution in [2.24, 2.45) is 29.6 Å². The van der Waals surface area contributed by atoms with Crippen LogP contribution in [0.2, 0.25) is 0 Å². The molecule has 3 fully saturated rings. The van der Waals surface area contributed by atoms with Gasteiger partial charge in [0.1, 0.15) is 0 Å². The number of rotatable bonds is 3. The van der Waals surface area contributed by atoms with Crippen molar-refractivity contribution in [1.82, 2.24) is 4.98 Å². The van der Waals surface area contributed by atoms with Crippen LogP contribution < -0.4 is 5.32 Å². The van der Waals surface area contributed by atoms with Crippen LogP contribution >= 0.6 is 0 Å². The van der Waals surface area contributed by atoms with E-state index in [0.29, 0.717) is 17.5 Å². The second-order valence-corrected chi connectivity index (χ2v) is 6.19. The Balaban J connectivity index is 1.48. The standard InChI is InChI=1S/C15H18N2O2/c18-7-10-3-4-16-6-11(10)17-15(19)14-12-8-1-2-9(5-8)13(12)14/h3-4,6,8-9,12-14,18H,1-2,5,7H2,(H,17,19). The normalized spacial score (nSPS) is 38.1. The van der Waals surface area contributed by atoms with E-state index in [0.717, 1.165) is 17.4 Å². The Morgan fingerprint density at radius 1 is 1.37 bits per heavy atom. The maximum absolute atomic E-state index is 12.4. The number of aliphatic hydroxyl groups excluding tert-OH is 1. The van der Waals surface area contributed by atoms with Crippen molar-refractivity contribution >= 4 is 11.6 Å². The highest BCUT2D eigenvalue weighted by Crippen LogP contribution is 2.69. The first-order valence-electron chi connectivity index (χ1n) is 7.14. The molecule has 0 aliphatic heterocycles. The van der Waals surface area contributed by atoms with Crippen molar-refractivity contribution in [1.29, 1.82) is 0 Å². The summed E-state index contributed by atoms with van der Waals surface area (Å²) in [5, 5.41) is 12.2. The summed E-state index contributed by atoms with van der Waals surface area (Å²) < 4.78 is 0. The highest BCUT2D eigenvalue weighted by molar-refractivity contribution is 5.95. The van der Waals surface area contributed by atoms with Crippen molar-refractivity contribution in [2.45, 2.75) is 25.9 Å². The van der Waals surface area contributed by atoms with E-state index in [1.54, 1.807) is 18.5 Å². The van der Waals surface area contributed by atoms with Gasteiger partial charge in [0.15, 0.2) is 0 Å². The van der Waals surface area contributed by atoms with Gasteiger partial charge in [0.05, 0.1) is 18.5 Å². The van der Waals surface area contributed by atoms with E-state index >= 15 is 0 Å². The lowest BCUT2D eigenvalue weighted by molar-refractivity contribution is -0.118. The number of carbonyl (C=O) groups is 1. The molecule has 4 atom stereocenters. The number of hydrogen-bond acceptors (Lipinski definition) is 3. The SMILES string of the molecule is O=C(Nc1cnccc1CO)C1C2C3CCC(C3)C12. The Morgan fingerprint density at radius 3 is 2.79 bits per heavy atom. The minimum Gasteiger partial charge on any atom is -0.392 e. The zero-order chi connectivity index (χ0) is 13.0. The first-order valence-corrected chi connectivity index (χ1v) is 7.14. The average Bonchev–Trinajstić information content (AvgIpc) is 2.88. The average molecular weight is 258 g/mol. The van der Waals surface area contributed by atoms with E-state index in [9.17, 15) is 9.90 Å². The van der Waals surface area contributed by atoms with E-state index in [-0.39, 0.29) is 18.4 Å². The van der Waals surface area contributed by atoms with E-state index < -0.39 is 0 Å². The van der Waals surface area contributed by atoms with Crippen LogP contribution in [-0.2, 0) is 11.4 Å². The Hall–Kier alpha value is -1.42. The van der Waals surface area contributed by atoms with Gasteiger partial charge < -0.3 is 10.4 Å². The van der Waals surface area contributed by atoms with Crippen molar-refractivity contribution < 1.29 is 9.90 Å². The highest BCUT2D eigenvalue weighted by atomic mass is 16.3. The van der Waals surface area contributed by atoms with Crippen LogP contribution in [0.5, 0.6) is 0 Å². The lowest BCUT2D eigenvalue weighted by atomic mass is 10.0. The smallest absolute Gasteiger partial charge is 0.228 e. The molecular formula is C15H18N2O2. The van der Waals surface area contributed by atoms with Crippen LogP contribution in [0.4, 0.5) is 5.69 Å². The van der Waals surface area contributed by atoms with Gasteiger partial charge in [-0.2, -0.15) is 0 Å². The molecule has 19 heavy (non-hydrogen) atoms. The number of amides is 1. The molecule has 1 aromatic heterocycles. The first kappa shape index (κ1) is 11.4. The van der Waals surface area contributed by atoms with Gasteiger partial charge in [-0.3, -0.25) is 9.78 Å². The summed E-state index contributed by atoms with van der Waals surface area (Å²) in [6.07, 6.45) is 7.26. The molecule has 1 amide bonds. The fourth-order valence-electron chi connectivity index (χ4n) is 4.57.